The number of halogens is 1. The van der Waals surface area contributed by atoms with Crippen LogP contribution >= 0.6 is 0 Å². The molecule has 0 unspecified atom stereocenters. The fourth-order valence-corrected chi connectivity index (χ4v) is 2.61. The number of nitrogens with zero attached hydrogens (tertiary/aromatic N) is 1. The van der Waals surface area contributed by atoms with Gasteiger partial charge in [-0.3, -0.25) is 0 Å². The minimum Gasteiger partial charge on any atom is -0.447 e. The SMILES string of the molecule is Cc1ncoc1CNS(=O)(=O)Cc1ccc(F)cc1. The van der Waals surface area contributed by atoms with Gasteiger partial charge in [-0.1, -0.05) is 12.1 Å². The van der Waals surface area contributed by atoms with E-state index in [9.17, 15) is 12.8 Å². The minimum atomic E-state index is -3.50. The largest absolute Gasteiger partial charge is 0.447 e. The first-order chi connectivity index (χ1) is 8.96. The molecule has 19 heavy (non-hydrogen) atoms. The van der Waals surface area contributed by atoms with Gasteiger partial charge in [0.05, 0.1) is 18.0 Å². The molecule has 5 nitrogen and oxygen atoms in total. The Hall–Kier alpha value is -1.73. The summed E-state index contributed by atoms with van der Waals surface area (Å²) in [5.74, 6) is -0.130. The number of oxazole rings is 1. The molecule has 102 valence electrons. The number of benzene rings is 1. The second kappa shape index (κ2) is 5.50. The van der Waals surface area contributed by atoms with Crippen LogP contribution in [0.3, 0.4) is 0 Å². The van der Waals surface area contributed by atoms with Gasteiger partial charge in [0, 0.05) is 0 Å². The van der Waals surface area contributed by atoms with Crippen LogP contribution in [0.25, 0.3) is 0 Å². The standard InChI is InChI=1S/C12H13FN2O3S/c1-9-12(18-8-14-9)6-15-19(16,17)7-10-2-4-11(13)5-3-10/h2-5,8,15H,6-7H2,1H3. The average molecular weight is 284 g/mol. The Morgan fingerprint density at radius 1 is 1.32 bits per heavy atom. The molecule has 2 aromatic rings. The van der Waals surface area contributed by atoms with Crippen molar-refractivity contribution >= 4 is 10.0 Å². The zero-order chi connectivity index (χ0) is 13.9. The Balaban J connectivity index is 1.99. The summed E-state index contributed by atoms with van der Waals surface area (Å²) in [7, 11) is -3.50. The molecule has 1 N–H and O–H groups in total. The van der Waals surface area contributed by atoms with E-state index in [-0.39, 0.29) is 12.3 Å². The molecular weight excluding hydrogens is 271 g/mol. The van der Waals surface area contributed by atoms with E-state index in [1.54, 1.807) is 6.92 Å². The predicted molar refractivity (Wildman–Crippen MR) is 67.1 cm³/mol. The fraction of sp³-hybridized carbons (Fsp3) is 0.250. The smallest absolute Gasteiger partial charge is 0.216 e. The summed E-state index contributed by atoms with van der Waals surface area (Å²) in [5.41, 5.74) is 1.16. The van der Waals surface area contributed by atoms with Crippen molar-refractivity contribution in [1.82, 2.24) is 9.71 Å². The van der Waals surface area contributed by atoms with Crippen LogP contribution in [0.4, 0.5) is 4.39 Å². The van der Waals surface area contributed by atoms with Crippen LogP contribution in [0.1, 0.15) is 17.0 Å². The highest BCUT2D eigenvalue weighted by Gasteiger charge is 2.13. The lowest BCUT2D eigenvalue weighted by Crippen LogP contribution is -2.24. The van der Waals surface area contributed by atoms with E-state index in [1.165, 1.54) is 30.7 Å². The highest BCUT2D eigenvalue weighted by Crippen LogP contribution is 2.09. The van der Waals surface area contributed by atoms with Gasteiger partial charge in [0.15, 0.2) is 6.39 Å². The molecule has 1 aromatic carbocycles. The summed E-state index contributed by atoms with van der Waals surface area (Å²) >= 11 is 0. The Kier molecular flexibility index (Phi) is 3.96. The van der Waals surface area contributed by atoms with E-state index in [4.69, 9.17) is 4.42 Å². The van der Waals surface area contributed by atoms with Crippen molar-refractivity contribution in [3.05, 3.63) is 53.5 Å². The molecule has 1 heterocycles. The molecule has 0 bridgehead atoms. The highest BCUT2D eigenvalue weighted by molar-refractivity contribution is 7.88. The summed E-state index contributed by atoms with van der Waals surface area (Å²) < 4.78 is 43.8. The minimum absolute atomic E-state index is 0.0510. The van der Waals surface area contributed by atoms with Crippen molar-refractivity contribution in [2.45, 2.75) is 19.2 Å². The summed E-state index contributed by atoms with van der Waals surface area (Å²) in [5, 5.41) is 0. The van der Waals surface area contributed by atoms with Crippen molar-refractivity contribution in [2.24, 2.45) is 0 Å². The van der Waals surface area contributed by atoms with Gasteiger partial charge in [-0.05, 0) is 24.6 Å². The summed E-state index contributed by atoms with van der Waals surface area (Å²) in [4.78, 5) is 3.87. The lowest BCUT2D eigenvalue weighted by molar-refractivity contribution is 0.492. The summed E-state index contributed by atoms with van der Waals surface area (Å²) in [6.07, 6.45) is 1.26. The Labute approximate surface area is 110 Å². The van der Waals surface area contributed by atoms with E-state index in [0.717, 1.165) is 0 Å². The third-order valence-electron chi connectivity index (χ3n) is 2.57. The van der Waals surface area contributed by atoms with E-state index < -0.39 is 15.8 Å². The van der Waals surface area contributed by atoms with Crippen molar-refractivity contribution < 1.29 is 17.2 Å². The first-order valence-electron chi connectivity index (χ1n) is 5.57. The molecule has 2 rings (SSSR count). The van der Waals surface area contributed by atoms with E-state index in [0.29, 0.717) is 17.0 Å². The summed E-state index contributed by atoms with van der Waals surface area (Å²) in [6.45, 7) is 1.78. The van der Waals surface area contributed by atoms with Gasteiger partial charge in [0.1, 0.15) is 11.6 Å². The maximum atomic E-state index is 12.7. The maximum Gasteiger partial charge on any atom is 0.216 e. The van der Waals surface area contributed by atoms with Crippen LogP contribution in [0.5, 0.6) is 0 Å². The van der Waals surface area contributed by atoms with E-state index in [2.05, 4.69) is 9.71 Å². The zero-order valence-corrected chi connectivity index (χ0v) is 11.1. The van der Waals surface area contributed by atoms with Gasteiger partial charge >= 0.3 is 0 Å². The van der Waals surface area contributed by atoms with Crippen LogP contribution < -0.4 is 4.72 Å². The lowest BCUT2D eigenvalue weighted by atomic mass is 10.2. The molecule has 0 saturated heterocycles. The molecular formula is C12H13FN2O3S. The maximum absolute atomic E-state index is 12.7. The van der Waals surface area contributed by atoms with Crippen LogP contribution in [0.2, 0.25) is 0 Å². The van der Waals surface area contributed by atoms with Crippen LogP contribution in [0.15, 0.2) is 35.1 Å². The quantitative estimate of drug-likeness (QED) is 0.907. The van der Waals surface area contributed by atoms with Crippen LogP contribution in [0, 0.1) is 12.7 Å². The monoisotopic (exact) mass is 284 g/mol. The lowest BCUT2D eigenvalue weighted by Gasteiger charge is -2.05. The van der Waals surface area contributed by atoms with E-state index >= 15 is 0 Å². The molecule has 0 aliphatic carbocycles. The first kappa shape index (κ1) is 13.7. The number of aryl methyl sites for hydroxylation is 1. The number of hydrogen-bond donors (Lipinski definition) is 1. The summed E-state index contributed by atoms with van der Waals surface area (Å²) in [6, 6.07) is 5.33. The molecule has 0 aliphatic rings. The predicted octanol–water partition coefficient (Wildman–Crippen LogP) is 1.74. The van der Waals surface area contributed by atoms with Crippen LogP contribution in [-0.4, -0.2) is 13.4 Å². The van der Waals surface area contributed by atoms with E-state index in [1.807, 2.05) is 0 Å². The van der Waals surface area contributed by atoms with Gasteiger partial charge in [-0.2, -0.15) is 0 Å². The fourth-order valence-electron chi connectivity index (χ4n) is 1.52. The third kappa shape index (κ3) is 3.87. The van der Waals surface area contributed by atoms with Crippen molar-refractivity contribution in [1.29, 1.82) is 0 Å². The Morgan fingerprint density at radius 3 is 2.58 bits per heavy atom. The number of hydrogen-bond acceptors (Lipinski definition) is 4. The zero-order valence-electron chi connectivity index (χ0n) is 10.3. The molecule has 0 aliphatic heterocycles. The molecule has 0 atom stereocenters. The van der Waals surface area contributed by atoms with Gasteiger partial charge in [-0.15, -0.1) is 0 Å². The van der Waals surface area contributed by atoms with Crippen molar-refractivity contribution in [2.75, 3.05) is 0 Å². The molecule has 0 spiro atoms. The molecule has 0 amide bonds. The molecule has 0 fully saturated rings. The molecule has 7 heteroatoms. The second-order valence-electron chi connectivity index (χ2n) is 4.07. The molecule has 0 saturated carbocycles. The second-order valence-corrected chi connectivity index (χ2v) is 5.87. The highest BCUT2D eigenvalue weighted by atomic mass is 32.2. The van der Waals surface area contributed by atoms with Crippen LogP contribution in [-0.2, 0) is 22.3 Å². The van der Waals surface area contributed by atoms with Gasteiger partial charge < -0.3 is 4.42 Å². The molecule has 0 radical (unpaired) electrons. The third-order valence-corrected chi connectivity index (χ3v) is 3.86. The number of rotatable bonds is 5. The normalized spacial score (nSPS) is 11.7. The first-order valence-corrected chi connectivity index (χ1v) is 7.22. The molecule has 1 aromatic heterocycles. The average Bonchev–Trinajstić information content (AvgIpc) is 2.75. The number of nitrogens with one attached hydrogen (secondary N) is 1. The van der Waals surface area contributed by atoms with Gasteiger partial charge in [0.25, 0.3) is 0 Å². The van der Waals surface area contributed by atoms with Gasteiger partial charge in [-0.25, -0.2) is 22.5 Å². The number of aromatic nitrogens is 1. The topological polar surface area (TPSA) is 72.2 Å². The van der Waals surface area contributed by atoms with Gasteiger partial charge in [0.2, 0.25) is 10.0 Å². The van der Waals surface area contributed by atoms with Crippen molar-refractivity contribution in [3.63, 3.8) is 0 Å². The Bertz CT molecular complexity index is 650. The Morgan fingerprint density at radius 2 is 2.00 bits per heavy atom. The number of sulfonamides is 1. The van der Waals surface area contributed by atoms with Crippen molar-refractivity contribution in [3.8, 4) is 0 Å².